The van der Waals surface area contributed by atoms with Gasteiger partial charge in [0.05, 0.1) is 27.7 Å². The standard InChI is InChI=1S/C16H26N2O6/c1-18(2,3)7-8-23-16(22)11-5-4-6-17(9-11)15-14(21)13(20)12(10-19)24-15/h4-6,9,12-15,19-21H,7-8,10H2,1-3H3/q+2/t12-,13-,14-,15-/m1/s1. The molecule has 1 saturated heterocycles. The van der Waals surface area contributed by atoms with E-state index in [0.717, 1.165) is 0 Å². The van der Waals surface area contributed by atoms with Gasteiger partial charge in [-0.15, -0.1) is 0 Å². The highest BCUT2D eigenvalue weighted by molar-refractivity contribution is 5.88. The largest absolute Gasteiger partial charge is 0.456 e. The van der Waals surface area contributed by atoms with Crippen LogP contribution in [-0.4, -0.2) is 85.0 Å². The summed E-state index contributed by atoms with van der Waals surface area (Å²) in [6, 6.07) is 3.23. The molecule has 1 aliphatic rings. The minimum atomic E-state index is -1.20. The van der Waals surface area contributed by atoms with Gasteiger partial charge in [0.25, 0.3) is 6.23 Å². The highest BCUT2D eigenvalue weighted by Gasteiger charge is 2.48. The number of quaternary nitrogens is 1. The van der Waals surface area contributed by atoms with Crippen molar-refractivity contribution in [2.45, 2.75) is 24.5 Å². The van der Waals surface area contributed by atoms with Gasteiger partial charge in [-0.3, -0.25) is 0 Å². The second-order valence-electron chi connectivity index (χ2n) is 6.92. The predicted molar refractivity (Wildman–Crippen MR) is 82.8 cm³/mol. The maximum Gasteiger partial charge on any atom is 0.344 e. The van der Waals surface area contributed by atoms with Crippen molar-refractivity contribution in [3.63, 3.8) is 0 Å². The molecule has 2 rings (SSSR count). The molecule has 3 N–H and O–H groups in total. The molecule has 1 aliphatic heterocycles. The van der Waals surface area contributed by atoms with Gasteiger partial charge in [-0.2, -0.15) is 4.57 Å². The number of likely N-dealkylation sites (N-methyl/N-ethyl adjacent to an activating group) is 1. The molecular formula is C16H26N2O6+2. The Morgan fingerprint density at radius 2 is 2.04 bits per heavy atom. The minimum absolute atomic E-state index is 0.297. The lowest BCUT2D eigenvalue weighted by atomic mass is 10.1. The second-order valence-corrected chi connectivity index (χ2v) is 6.92. The van der Waals surface area contributed by atoms with Crippen molar-refractivity contribution in [1.29, 1.82) is 0 Å². The molecule has 0 bridgehead atoms. The van der Waals surface area contributed by atoms with Crippen molar-refractivity contribution in [3.05, 3.63) is 30.1 Å². The number of hydrogen-bond acceptors (Lipinski definition) is 6. The van der Waals surface area contributed by atoms with Crippen LogP contribution in [0.5, 0.6) is 0 Å². The van der Waals surface area contributed by atoms with Gasteiger partial charge >= 0.3 is 5.97 Å². The first kappa shape index (κ1) is 18.8. The number of aromatic nitrogens is 1. The Morgan fingerprint density at radius 3 is 2.62 bits per heavy atom. The predicted octanol–water partition coefficient (Wildman–Crippen LogP) is -1.55. The molecule has 2 heterocycles. The molecule has 1 aromatic rings. The minimum Gasteiger partial charge on any atom is -0.456 e. The van der Waals surface area contributed by atoms with Crippen LogP contribution in [0.1, 0.15) is 16.6 Å². The van der Waals surface area contributed by atoms with E-state index in [4.69, 9.17) is 14.6 Å². The van der Waals surface area contributed by atoms with Gasteiger partial charge in [-0.05, 0) is 6.07 Å². The van der Waals surface area contributed by atoms with Gasteiger partial charge in [0.2, 0.25) is 0 Å². The molecule has 1 aromatic heterocycles. The Balaban J connectivity index is 2.05. The monoisotopic (exact) mass is 342 g/mol. The molecule has 24 heavy (non-hydrogen) atoms. The highest BCUT2D eigenvalue weighted by Crippen LogP contribution is 2.25. The zero-order valence-corrected chi connectivity index (χ0v) is 14.2. The average molecular weight is 342 g/mol. The first-order chi connectivity index (χ1) is 11.2. The van der Waals surface area contributed by atoms with Crippen molar-refractivity contribution in [2.75, 3.05) is 40.9 Å². The first-order valence-corrected chi connectivity index (χ1v) is 7.84. The van der Waals surface area contributed by atoms with E-state index in [9.17, 15) is 15.0 Å². The van der Waals surface area contributed by atoms with Crippen LogP contribution in [0.4, 0.5) is 0 Å². The van der Waals surface area contributed by atoms with Crippen molar-refractivity contribution in [1.82, 2.24) is 0 Å². The quantitative estimate of drug-likeness (QED) is 0.329. The van der Waals surface area contributed by atoms with E-state index < -0.39 is 37.1 Å². The Morgan fingerprint density at radius 1 is 1.33 bits per heavy atom. The lowest BCUT2D eigenvalue weighted by Crippen LogP contribution is -2.46. The zero-order valence-electron chi connectivity index (χ0n) is 14.2. The van der Waals surface area contributed by atoms with E-state index in [1.54, 1.807) is 18.3 Å². The SMILES string of the molecule is C[N+](C)(C)CCOC(=O)c1ccc[n+]([C@@H]2O[C@H](CO)[C@@H](O)[C@H]2O)c1. The number of esters is 1. The third-order valence-corrected chi connectivity index (χ3v) is 3.86. The Labute approximate surface area is 141 Å². The smallest absolute Gasteiger partial charge is 0.344 e. The number of aliphatic hydroxyl groups excluding tert-OH is 3. The van der Waals surface area contributed by atoms with Gasteiger partial charge in [-0.25, -0.2) is 4.79 Å². The van der Waals surface area contributed by atoms with E-state index in [0.29, 0.717) is 23.2 Å². The Bertz CT molecular complexity index is 574. The summed E-state index contributed by atoms with van der Waals surface area (Å²) in [6.07, 6.45) is -1.02. The Kier molecular flexibility index (Phi) is 5.89. The summed E-state index contributed by atoms with van der Waals surface area (Å²) in [5.41, 5.74) is 0.316. The lowest BCUT2D eigenvalue weighted by molar-refractivity contribution is -0.870. The maximum absolute atomic E-state index is 12.1. The molecular weight excluding hydrogens is 316 g/mol. The number of ether oxygens (including phenoxy) is 2. The fraction of sp³-hybridized carbons (Fsp3) is 0.625. The van der Waals surface area contributed by atoms with Crippen LogP contribution in [-0.2, 0) is 9.47 Å². The Hall–Kier alpha value is -1.58. The molecule has 0 aliphatic carbocycles. The van der Waals surface area contributed by atoms with E-state index in [2.05, 4.69) is 0 Å². The molecule has 0 saturated carbocycles. The molecule has 0 amide bonds. The lowest BCUT2D eigenvalue weighted by Gasteiger charge is -2.23. The highest BCUT2D eigenvalue weighted by atomic mass is 16.6. The zero-order chi connectivity index (χ0) is 17.9. The topological polar surface area (TPSA) is 100 Å². The van der Waals surface area contributed by atoms with Gasteiger partial charge in [-0.1, -0.05) is 0 Å². The number of carbonyl (C=O) groups excluding carboxylic acids is 1. The third kappa shape index (κ3) is 4.49. The van der Waals surface area contributed by atoms with Crippen LogP contribution in [0.25, 0.3) is 0 Å². The van der Waals surface area contributed by atoms with Crippen molar-refractivity contribution >= 4 is 5.97 Å². The number of rotatable bonds is 6. The van der Waals surface area contributed by atoms with E-state index in [1.165, 1.54) is 10.8 Å². The van der Waals surface area contributed by atoms with E-state index in [1.807, 2.05) is 21.1 Å². The third-order valence-electron chi connectivity index (χ3n) is 3.86. The number of aliphatic hydroxyl groups is 3. The molecule has 8 heteroatoms. The summed E-state index contributed by atoms with van der Waals surface area (Å²) in [7, 11) is 6.02. The van der Waals surface area contributed by atoms with Gasteiger partial charge in [0.15, 0.2) is 18.5 Å². The molecule has 8 nitrogen and oxygen atoms in total. The summed E-state index contributed by atoms with van der Waals surface area (Å²) >= 11 is 0. The first-order valence-electron chi connectivity index (χ1n) is 7.84. The number of nitrogens with zero attached hydrogens (tertiary/aromatic N) is 2. The summed E-state index contributed by atoms with van der Waals surface area (Å²) in [5, 5.41) is 29.0. The summed E-state index contributed by atoms with van der Waals surface area (Å²) in [6.45, 7) is 0.584. The van der Waals surface area contributed by atoms with Crippen molar-refractivity contribution in [2.24, 2.45) is 0 Å². The van der Waals surface area contributed by atoms with Gasteiger partial charge < -0.3 is 29.3 Å². The van der Waals surface area contributed by atoms with Crippen molar-refractivity contribution in [3.8, 4) is 0 Å². The van der Waals surface area contributed by atoms with Crippen LogP contribution in [0.3, 0.4) is 0 Å². The molecule has 1 fully saturated rings. The molecule has 0 aromatic carbocycles. The number of hydrogen-bond donors (Lipinski definition) is 3. The molecule has 4 atom stereocenters. The van der Waals surface area contributed by atoms with Crippen molar-refractivity contribution < 1.29 is 38.6 Å². The molecule has 0 radical (unpaired) electrons. The van der Waals surface area contributed by atoms with Crippen LogP contribution in [0.2, 0.25) is 0 Å². The van der Waals surface area contributed by atoms with E-state index in [-0.39, 0.29) is 0 Å². The fourth-order valence-electron chi connectivity index (χ4n) is 2.39. The number of carbonyl (C=O) groups is 1. The number of pyridine rings is 1. The normalized spacial score (nSPS) is 27.2. The van der Waals surface area contributed by atoms with Crippen LogP contribution >= 0.6 is 0 Å². The average Bonchev–Trinajstić information content (AvgIpc) is 2.81. The van der Waals surface area contributed by atoms with Crippen LogP contribution in [0.15, 0.2) is 24.5 Å². The maximum atomic E-state index is 12.1. The van der Waals surface area contributed by atoms with Gasteiger partial charge in [0, 0.05) is 6.07 Å². The fourth-order valence-corrected chi connectivity index (χ4v) is 2.39. The molecule has 0 unspecified atom stereocenters. The summed E-state index contributed by atoms with van der Waals surface area (Å²) in [5.74, 6) is -0.468. The van der Waals surface area contributed by atoms with Crippen LogP contribution in [0, 0.1) is 0 Å². The summed E-state index contributed by atoms with van der Waals surface area (Å²) in [4.78, 5) is 12.1. The second kappa shape index (κ2) is 7.54. The summed E-state index contributed by atoms with van der Waals surface area (Å²) < 4.78 is 12.9. The molecule has 0 spiro atoms. The van der Waals surface area contributed by atoms with E-state index >= 15 is 0 Å². The van der Waals surface area contributed by atoms with Gasteiger partial charge in [0.1, 0.15) is 30.9 Å². The molecule has 134 valence electrons. The van der Waals surface area contributed by atoms with Crippen LogP contribution < -0.4 is 4.57 Å².